The van der Waals surface area contributed by atoms with Crippen molar-refractivity contribution in [2.75, 3.05) is 0 Å². The summed E-state index contributed by atoms with van der Waals surface area (Å²) in [5, 5.41) is 0. The van der Waals surface area contributed by atoms with Crippen LogP contribution in [0.15, 0.2) is 29.0 Å². The van der Waals surface area contributed by atoms with Gasteiger partial charge in [-0.3, -0.25) is 4.79 Å². The molecule has 0 aromatic carbocycles. The third-order valence-corrected chi connectivity index (χ3v) is 1.62. The summed E-state index contributed by atoms with van der Waals surface area (Å²) < 4.78 is 0.853. The van der Waals surface area contributed by atoms with Crippen molar-refractivity contribution in [2.45, 2.75) is 0 Å². The van der Waals surface area contributed by atoms with Gasteiger partial charge in [-0.2, -0.15) is 0 Å². The first-order valence-corrected chi connectivity index (χ1v) is 3.80. The number of hydrogen-bond donors (Lipinski definition) is 2. The van der Waals surface area contributed by atoms with Crippen LogP contribution >= 0.6 is 15.9 Å². The molecule has 11 heavy (non-hydrogen) atoms. The number of H-pyrrole nitrogens is 1. The lowest BCUT2D eigenvalue weighted by Crippen LogP contribution is -1.95. The number of hydrogen-bond acceptors (Lipinski definition) is 2. The molecule has 0 saturated carbocycles. The predicted molar refractivity (Wildman–Crippen MR) is 46.2 cm³/mol. The third kappa shape index (κ3) is 1.94. The van der Waals surface area contributed by atoms with E-state index in [0.717, 1.165) is 4.47 Å². The standard InChI is InChI=1S/C7H7BrN2O/c8-5-3-6(10-4-5)7(11)1-2-9/h1-4,10H,9H2. The van der Waals surface area contributed by atoms with E-state index in [1.54, 1.807) is 12.3 Å². The molecule has 1 rings (SSSR count). The van der Waals surface area contributed by atoms with E-state index in [2.05, 4.69) is 20.9 Å². The van der Waals surface area contributed by atoms with E-state index < -0.39 is 0 Å². The molecule has 0 aliphatic rings. The summed E-state index contributed by atoms with van der Waals surface area (Å²) in [5.74, 6) is -0.127. The number of rotatable bonds is 2. The van der Waals surface area contributed by atoms with Crippen LogP contribution in [0, 0.1) is 0 Å². The van der Waals surface area contributed by atoms with E-state index in [1.807, 2.05) is 0 Å². The Balaban J connectivity index is 2.85. The summed E-state index contributed by atoms with van der Waals surface area (Å²) in [7, 11) is 0. The van der Waals surface area contributed by atoms with E-state index in [1.165, 1.54) is 12.3 Å². The molecule has 0 atom stereocenters. The largest absolute Gasteiger partial charge is 0.404 e. The van der Waals surface area contributed by atoms with E-state index in [0.29, 0.717) is 5.69 Å². The fourth-order valence-corrected chi connectivity index (χ4v) is 1.03. The molecule has 0 saturated heterocycles. The van der Waals surface area contributed by atoms with Crippen molar-refractivity contribution in [1.29, 1.82) is 0 Å². The maximum absolute atomic E-state index is 11.0. The van der Waals surface area contributed by atoms with Crippen LogP contribution in [-0.4, -0.2) is 10.8 Å². The topological polar surface area (TPSA) is 58.9 Å². The van der Waals surface area contributed by atoms with Gasteiger partial charge in [0.1, 0.15) is 0 Å². The highest BCUT2D eigenvalue weighted by atomic mass is 79.9. The number of aromatic amines is 1. The van der Waals surface area contributed by atoms with Crippen molar-refractivity contribution in [2.24, 2.45) is 5.73 Å². The first-order chi connectivity index (χ1) is 5.24. The van der Waals surface area contributed by atoms with E-state index >= 15 is 0 Å². The van der Waals surface area contributed by atoms with Crippen LogP contribution in [0.3, 0.4) is 0 Å². The zero-order chi connectivity index (χ0) is 8.27. The van der Waals surface area contributed by atoms with Gasteiger partial charge in [0.25, 0.3) is 0 Å². The smallest absolute Gasteiger partial charge is 0.203 e. The van der Waals surface area contributed by atoms with Crippen molar-refractivity contribution in [3.8, 4) is 0 Å². The van der Waals surface area contributed by atoms with Gasteiger partial charge in [0, 0.05) is 16.7 Å². The molecule has 0 radical (unpaired) electrons. The van der Waals surface area contributed by atoms with Crippen LogP contribution in [0.5, 0.6) is 0 Å². The predicted octanol–water partition coefficient (Wildman–Crippen LogP) is 1.43. The minimum atomic E-state index is -0.127. The first-order valence-electron chi connectivity index (χ1n) is 3.00. The molecule has 1 heterocycles. The van der Waals surface area contributed by atoms with Crippen LogP contribution in [-0.2, 0) is 0 Å². The van der Waals surface area contributed by atoms with Gasteiger partial charge in [0.15, 0.2) is 0 Å². The van der Waals surface area contributed by atoms with Crippen molar-refractivity contribution >= 4 is 21.7 Å². The van der Waals surface area contributed by atoms with Crippen molar-refractivity contribution in [3.63, 3.8) is 0 Å². The number of carbonyl (C=O) groups is 1. The molecule has 0 aliphatic carbocycles. The Bertz CT molecular complexity index is 290. The number of nitrogens with two attached hydrogens (primary N) is 1. The number of ketones is 1. The molecular weight excluding hydrogens is 208 g/mol. The van der Waals surface area contributed by atoms with Crippen molar-refractivity contribution in [3.05, 3.63) is 34.7 Å². The zero-order valence-corrected chi connectivity index (χ0v) is 7.26. The van der Waals surface area contributed by atoms with Crippen LogP contribution < -0.4 is 5.73 Å². The number of carbonyl (C=O) groups excluding carboxylic acids is 1. The normalized spacial score (nSPS) is 10.6. The van der Waals surface area contributed by atoms with Crippen LogP contribution in [0.25, 0.3) is 0 Å². The maximum Gasteiger partial charge on any atom is 0.203 e. The summed E-state index contributed by atoms with van der Waals surface area (Å²) in [5.41, 5.74) is 5.57. The van der Waals surface area contributed by atoms with Gasteiger partial charge in [-0.15, -0.1) is 0 Å². The Hall–Kier alpha value is -1.03. The summed E-state index contributed by atoms with van der Waals surface area (Å²) in [6.45, 7) is 0. The average molecular weight is 215 g/mol. The van der Waals surface area contributed by atoms with Crippen LogP contribution in [0.2, 0.25) is 0 Å². The molecule has 0 amide bonds. The number of aromatic nitrogens is 1. The molecule has 0 unspecified atom stereocenters. The maximum atomic E-state index is 11.0. The van der Waals surface area contributed by atoms with Gasteiger partial charge in [0.05, 0.1) is 5.69 Å². The average Bonchev–Trinajstić information content (AvgIpc) is 2.36. The summed E-state index contributed by atoms with van der Waals surface area (Å²) in [6.07, 6.45) is 4.22. The zero-order valence-electron chi connectivity index (χ0n) is 5.67. The van der Waals surface area contributed by atoms with Gasteiger partial charge < -0.3 is 10.7 Å². The molecule has 0 spiro atoms. The Labute approximate surface area is 72.4 Å². The summed E-state index contributed by atoms with van der Waals surface area (Å²) in [4.78, 5) is 13.8. The Morgan fingerprint density at radius 2 is 2.45 bits per heavy atom. The minimum Gasteiger partial charge on any atom is -0.404 e. The third-order valence-electron chi connectivity index (χ3n) is 1.16. The SMILES string of the molecule is NC=CC(=O)c1cc(Br)c[nH]1. The lowest BCUT2D eigenvalue weighted by atomic mass is 10.3. The van der Waals surface area contributed by atoms with E-state index in [9.17, 15) is 4.79 Å². The number of allylic oxidation sites excluding steroid dienone is 1. The Kier molecular flexibility index (Phi) is 2.48. The highest BCUT2D eigenvalue weighted by molar-refractivity contribution is 9.10. The second kappa shape index (κ2) is 3.39. The van der Waals surface area contributed by atoms with Gasteiger partial charge in [-0.25, -0.2) is 0 Å². The number of halogens is 1. The molecule has 4 heteroatoms. The summed E-state index contributed by atoms with van der Waals surface area (Å²) in [6, 6.07) is 1.70. The molecular formula is C7H7BrN2O. The second-order valence-electron chi connectivity index (χ2n) is 1.95. The van der Waals surface area contributed by atoms with E-state index in [-0.39, 0.29) is 5.78 Å². The van der Waals surface area contributed by atoms with Gasteiger partial charge in [-0.05, 0) is 28.2 Å². The number of nitrogens with one attached hydrogen (secondary N) is 1. The molecule has 58 valence electrons. The van der Waals surface area contributed by atoms with Gasteiger partial charge in [0.2, 0.25) is 5.78 Å². The molecule has 0 fully saturated rings. The lowest BCUT2D eigenvalue weighted by molar-refractivity contribution is 0.104. The second-order valence-corrected chi connectivity index (χ2v) is 2.87. The van der Waals surface area contributed by atoms with Gasteiger partial charge >= 0.3 is 0 Å². The highest BCUT2D eigenvalue weighted by Gasteiger charge is 2.02. The molecule has 3 nitrogen and oxygen atoms in total. The van der Waals surface area contributed by atoms with Crippen LogP contribution in [0.4, 0.5) is 0 Å². The highest BCUT2D eigenvalue weighted by Crippen LogP contribution is 2.10. The Morgan fingerprint density at radius 3 is 2.91 bits per heavy atom. The molecule has 0 aliphatic heterocycles. The fourth-order valence-electron chi connectivity index (χ4n) is 0.687. The molecule has 1 aromatic heterocycles. The Morgan fingerprint density at radius 1 is 1.73 bits per heavy atom. The quantitative estimate of drug-likeness (QED) is 0.579. The minimum absolute atomic E-state index is 0.127. The van der Waals surface area contributed by atoms with Crippen molar-refractivity contribution in [1.82, 2.24) is 4.98 Å². The molecule has 0 bridgehead atoms. The first kappa shape index (κ1) is 8.07. The summed E-state index contributed by atoms with van der Waals surface area (Å²) >= 11 is 3.21. The van der Waals surface area contributed by atoms with Gasteiger partial charge in [-0.1, -0.05) is 0 Å². The lowest BCUT2D eigenvalue weighted by Gasteiger charge is -1.85. The van der Waals surface area contributed by atoms with Crippen molar-refractivity contribution < 1.29 is 4.79 Å². The monoisotopic (exact) mass is 214 g/mol. The van der Waals surface area contributed by atoms with E-state index in [4.69, 9.17) is 5.73 Å². The molecule has 3 N–H and O–H groups in total. The molecule has 1 aromatic rings. The van der Waals surface area contributed by atoms with Crippen LogP contribution in [0.1, 0.15) is 10.5 Å². The fraction of sp³-hybridized carbons (Fsp3) is 0.